The lowest BCUT2D eigenvalue weighted by atomic mass is 10.2. The molecule has 0 saturated heterocycles. The van der Waals surface area contributed by atoms with Crippen molar-refractivity contribution in [3.8, 4) is 11.5 Å². The fourth-order valence-electron chi connectivity index (χ4n) is 1.88. The van der Waals surface area contributed by atoms with Crippen LogP contribution < -0.4 is 10.1 Å². The van der Waals surface area contributed by atoms with E-state index in [4.69, 9.17) is 4.74 Å². The first kappa shape index (κ1) is 16.0. The highest BCUT2D eigenvalue weighted by Gasteiger charge is 2.06. The van der Waals surface area contributed by atoms with E-state index in [0.717, 1.165) is 23.1 Å². The summed E-state index contributed by atoms with van der Waals surface area (Å²) >= 11 is 3.53. The number of ether oxygens (including phenoxy) is 1. The predicted octanol–water partition coefficient (Wildman–Crippen LogP) is 5.13. The van der Waals surface area contributed by atoms with Crippen molar-refractivity contribution in [2.75, 3.05) is 6.54 Å². The van der Waals surface area contributed by atoms with Crippen LogP contribution in [-0.4, -0.2) is 6.54 Å². The number of benzene rings is 2. The van der Waals surface area contributed by atoms with Gasteiger partial charge in [0, 0.05) is 11.0 Å². The first-order chi connectivity index (χ1) is 10.1. The Morgan fingerprint density at radius 2 is 1.95 bits per heavy atom. The van der Waals surface area contributed by atoms with Crippen LogP contribution in [-0.2, 0) is 6.54 Å². The summed E-state index contributed by atoms with van der Waals surface area (Å²) in [5.41, 5.74) is 1.15. The van der Waals surface area contributed by atoms with Crippen molar-refractivity contribution in [1.82, 2.24) is 5.32 Å². The molecule has 0 amide bonds. The summed E-state index contributed by atoms with van der Waals surface area (Å²) in [6, 6.07) is 12.1. The average molecular weight is 352 g/mol. The molecule has 0 fully saturated rings. The molecule has 0 aromatic heterocycles. The van der Waals surface area contributed by atoms with Gasteiger partial charge in [-0.1, -0.05) is 48.0 Å². The Morgan fingerprint density at radius 1 is 1.19 bits per heavy atom. The maximum absolute atomic E-state index is 13.6. The molecular formula is C17H19BrFNO. The van der Waals surface area contributed by atoms with Crippen LogP contribution in [0.5, 0.6) is 11.5 Å². The molecule has 2 rings (SSSR count). The van der Waals surface area contributed by atoms with E-state index in [0.29, 0.717) is 11.7 Å². The Labute approximate surface area is 133 Å². The fourth-order valence-corrected chi connectivity index (χ4v) is 2.38. The molecular weight excluding hydrogens is 333 g/mol. The second-order valence-corrected chi connectivity index (χ2v) is 6.16. The van der Waals surface area contributed by atoms with Crippen molar-refractivity contribution in [2.24, 2.45) is 5.92 Å². The fraction of sp³-hybridized carbons (Fsp3) is 0.294. The largest absolute Gasteiger partial charge is 0.454 e. The maximum atomic E-state index is 13.6. The van der Waals surface area contributed by atoms with Gasteiger partial charge >= 0.3 is 0 Å². The van der Waals surface area contributed by atoms with Crippen molar-refractivity contribution < 1.29 is 9.13 Å². The summed E-state index contributed by atoms with van der Waals surface area (Å²) in [6.07, 6.45) is 0. The molecule has 0 heterocycles. The zero-order chi connectivity index (χ0) is 15.2. The van der Waals surface area contributed by atoms with Gasteiger partial charge in [-0.05, 0) is 42.3 Å². The van der Waals surface area contributed by atoms with Crippen LogP contribution in [0.3, 0.4) is 0 Å². The Kier molecular flexibility index (Phi) is 5.76. The third-order valence-electron chi connectivity index (χ3n) is 2.96. The van der Waals surface area contributed by atoms with Gasteiger partial charge in [0.15, 0.2) is 11.6 Å². The quantitative estimate of drug-likeness (QED) is 0.779. The first-order valence-corrected chi connectivity index (χ1v) is 7.77. The lowest BCUT2D eigenvalue weighted by molar-refractivity contribution is 0.441. The number of nitrogens with one attached hydrogen (secondary N) is 1. The van der Waals surface area contributed by atoms with Crippen molar-refractivity contribution in [2.45, 2.75) is 20.4 Å². The predicted molar refractivity (Wildman–Crippen MR) is 87.2 cm³/mol. The average Bonchev–Trinajstić information content (AvgIpc) is 2.43. The van der Waals surface area contributed by atoms with Gasteiger partial charge in [0.05, 0.1) is 0 Å². The topological polar surface area (TPSA) is 21.3 Å². The normalized spacial score (nSPS) is 10.9. The zero-order valence-electron chi connectivity index (χ0n) is 12.2. The van der Waals surface area contributed by atoms with Gasteiger partial charge in [0.2, 0.25) is 0 Å². The minimum Gasteiger partial charge on any atom is -0.454 e. The van der Waals surface area contributed by atoms with Crippen molar-refractivity contribution in [3.05, 3.63) is 58.3 Å². The van der Waals surface area contributed by atoms with Gasteiger partial charge in [-0.2, -0.15) is 0 Å². The number of hydrogen-bond donors (Lipinski definition) is 1. The van der Waals surface area contributed by atoms with Crippen LogP contribution >= 0.6 is 15.9 Å². The molecule has 1 N–H and O–H groups in total. The molecule has 112 valence electrons. The standard InChI is InChI=1S/C17H19BrFNO/c1-12(2)10-20-11-13-7-8-14(9-15(13)18)21-17-6-4-3-5-16(17)19/h3-9,12,20H,10-11H2,1-2H3. The summed E-state index contributed by atoms with van der Waals surface area (Å²) < 4.78 is 20.1. The van der Waals surface area contributed by atoms with Gasteiger partial charge in [0.1, 0.15) is 5.75 Å². The summed E-state index contributed by atoms with van der Waals surface area (Å²) in [6.45, 7) is 6.11. The molecule has 0 bridgehead atoms. The molecule has 0 aliphatic carbocycles. The van der Waals surface area contributed by atoms with E-state index in [2.05, 4.69) is 35.1 Å². The molecule has 0 saturated carbocycles. The van der Waals surface area contributed by atoms with E-state index < -0.39 is 0 Å². The SMILES string of the molecule is CC(C)CNCc1ccc(Oc2ccccc2F)cc1Br. The van der Waals surface area contributed by atoms with E-state index in [1.54, 1.807) is 18.2 Å². The highest BCUT2D eigenvalue weighted by atomic mass is 79.9. The van der Waals surface area contributed by atoms with E-state index in [1.807, 2.05) is 18.2 Å². The van der Waals surface area contributed by atoms with E-state index in [9.17, 15) is 4.39 Å². The third-order valence-corrected chi connectivity index (χ3v) is 3.70. The zero-order valence-corrected chi connectivity index (χ0v) is 13.8. The number of halogens is 2. The second-order valence-electron chi connectivity index (χ2n) is 5.31. The molecule has 0 unspecified atom stereocenters. The number of hydrogen-bond acceptors (Lipinski definition) is 2. The van der Waals surface area contributed by atoms with Crippen LogP contribution in [0.15, 0.2) is 46.9 Å². The minimum atomic E-state index is -0.365. The number of rotatable bonds is 6. The highest BCUT2D eigenvalue weighted by Crippen LogP contribution is 2.28. The molecule has 0 aliphatic rings. The van der Waals surface area contributed by atoms with Crippen LogP contribution in [0.2, 0.25) is 0 Å². The molecule has 21 heavy (non-hydrogen) atoms. The molecule has 4 heteroatoms. The Hall–Kier alpha value is -1.39. The Balaban J connectivity index is 2.03. The first-order valence-electron chi connectivity index (χ1n) is 6.98. The Morgan fingerprint density at radius 3 is 2.62 bits per heavy atom. The second kappa shape index (κ2) is 7.57. The minimum absolute atomic E-state index is 0.232. The smallest absolute Gasteiger partial charge is 0.165 e. The van der Waals surface area contributed by atoms with Gasteiger partial charge < -0.3 is 10.1 Å². The van der Waals surface area contributed by atoms with Crippen molar-refractivity contribution >= 4 is 15.9 Å². The van der Waals surface area contributed by atoms with E-state index >= 15 is 0 Å². The van der Waals surface area contributed by atoms with Crippen LogP contribution in [0, 0.1) is 11.7 Å². The van der Waals surface area contributed by atoms with Gasteiger partial charge in [-0.15, -0.1) is 0 Å². The summed E-state index contributed by atoms with van der Waals surface area (Å²) in [7, 11) is 0. The third kappa shape index (κ3) is 4.83. The molecule has 0 spiro atoms. The van der Waals surface area contributed by atoms with Gasteiger partial charge in [-0.3, -0.25) is 0 Å². The summed E-state index contributed by atoms with van der Waals surface area (Å²) in [5, 5.41) is 3.39. The lowest BCUT2D eigenvalue weighted by Gasteiger charge is -2.11. The van der Waals surface area contributed by atoms with Gasteiger partial charge in [-0.25, -0.2) is 4.39 Å². The van der Waals surface area contributed by atoms with Crippen LogP contribution in [0.25, 0.3) is 0 Å². The Bertz CT molecular complexity index is 601. The summed E-state index contributed by atoms with van der Waals surface area (Å²) in [5.74, 6) is 1.10. The van der Waals surface area contributed by atoms with Crippen LogP contribution in [0.4, 0.5) is 4.39 Å². The van der Waals surface area contributed by atoms with Crippen molar-refractivity contribution in [3.63, 3.8) is 0 Å². The molecule has 2 nitrogen and oxygen atoms in total. The maximum Gasteiger partial charge on any atom is 0.165 e. The van der Waals surface area contributed by atoms with E-state index in [-0.39, 0.29) is 11.6 Å². The summed E-state index contributed by atoms with van der Waals surface area (Å²) in [4.78, 5) is 0. The lowest BCUT2D eigenvalue weighted by Crippen LogP contribution is -2.19. The van der Waals surface area contributed by atoms with Gasteiger partial charge in [0.25, 0.3) is 0 Å². The molecule has 0 radical (unpaired) electrons. The molecule has 0 aliphatic heterocycles. The highest BCUT2D eigenvalue weighted by molar-refractivity contribution is 9.10. The molecule has 2 aromatic rings. The van der Waals surface area contributed by atoms with Crippen molar-refractivity contribution in [1.29, 1.82) is 0 Å². The van der Waals surface area contributed by atoms with Crippen LogP contribution in [0.1, 0.15) is 19.4 Å². The number of para-hydroxylation sites is 1. The monoisotopic (exact) mass is 351 g/mol. The molecule has 2 aromatic carbocycles. The van der Waals surface area contributed by atoms with E-state index in [1.165, 1.54) is 6.07 Å². The molecule has 0 atom stereocenters.